The normalized spacial score (nSPS) is 17.0. The van der Waals surface area contributed by atoms with Gasteiger partial charge < -0.3 is 19.4 Å². The number of nitrogens with zero attached hydrogens (tertiary/aromatic N) is 1. The number of aryl methyl sites for hydroxylation is 1. The molecule has 0 radical (unpaired) electrons. The molecule has 2 heterocycles. The molecule has 1 fully saturated rings. The molecule has 26 heavy (non-hydrogen) atoms. The van der Waals surface area contributed by atoms with Crippen LogP contribution < -0.4 is 15.7 Å². The Morgan fingerprint density at radius 1 is 1.42 bits per heavy atom. The van der Waals surface area contributed by atoms with Crippen molar-refractivity contribution in [2.24, 2.45) is 0 Å². The first-order valence-electron chi connectivity index (χ1n) is 8.61. The average molecular weight is 381 g/mol. The van der Waals surface area contributed by atoms with Crippen LogP contribution >= 0.6 is 12.4 Å². The summed E-state index contributed by atoms with van der Waals surface area (Å²) in [6, 6.07) is 5.62. The molecule has 0 saturated carbocycles. The molecule has 1 amide bonds. The number of halogens is 1. The highest BCUT2D eigenvalue weighted by Gasteiger charge is 2.23. The molecule has 1 saturated heterocycles. The Morgan fingerprint density at radius 3 is 2.88 bits per heavy atom. The summed E-state index contributed by atoms with van der Waals surface area (Å²) in [6.45, 7) is 6.27. The van der Waals surface area contributed by atoms with Crippen LogP contribution in [0, 0.1) is 6.92 Å². The summed E-state index contributed by atoms with van der Waals surface area (Å²) >= 11 is 0. The number of nitrogens with one attached hydrogen (secondary N) is 1. The number of amides is 1. The first-order valence-corrected chi connectivity index (χ1v) is 8.61. The molecule has 1 aliphatic rings. The van der Waals surface area contributed by atoms with E-state index in [1.54, 1.807) is 13.2 Å². The van der Waals surface area contributed by atoms with E-state index in [4.69, 9.17) is 9.15 Å². The molecule has 1 N–H and O–H groups in total. The van der Waals surface area contributed by atoms with Crippen molar-refractivity contribution >= 4 is 29.3 Å². The Morgan fingerprint density at radius 2 is 2.19 bits per heavy atom. The van der Waals surface area contributed by atoms with E-state index < -0.39 is 0 Å². The minimum atomic E-state index is -0.376. The highest BCUT2D eigenvalue weighted by atomic mass is 35.5. The molecule has 142 valence electrons. The molecule has 0 aliphatic carbocycles. The van der Waals surface area contributed by atoms with Gasteiger partial charge in [-0.15, -0.1) is 12.4 Å². The predicted molar refractivity (Wildman–Crippen MR) is 103 cm³/mol. The fraction of sp³-hybridized carbons (Fsp3) is 0.474. The predicted octanol–water partition coefficient (Wildman–Crippen LogP) is 2.28. The van der Waals surface area contributed by atoms with Gasteiger partial charge in [0.1, 0.15) is 11.3 Å². The Kier molecular flexibility index (Phi) is 6.67. The van der Waals surface area contributed by atoms with Gasteiger partial charge in [0.2, 0.25) is 5.91 Å². The van der Waals surface area contributed by atoms with Crippen molar-refractivity contribution in [1.29, 1.82) is 0 Å². The molecule has 3 rings (SSSR count). The minimum Gasteiger partial charge on any atom is -0.497 e. The van der Waals surface area contributed by atoms with Crippen LogP contribution in [0.4, 0.5) is 0 Å². The number of hydrogen-bond acceptors (Lipinski definition) is 5. The van der Waals surface area contributed by atoms with E-state index in [9.17, 15) is 9.59 Å². The number of fused-ring (bicyclic) bond motifs is 1. The van der Waals surface area contributed by atoms with Gasteiger partial charge in [-0.05, 0) is 38.0 Å². The van der Waals surface area contributed by atoms with Gasteiger partial charge in [-0.25, -0.2) is 4.79 Å². The zero-order valence-corrected chi connectivity index (χ0v) is 16.1. The Balaban J connectivity index is 0.00000243. The summed E-state index contributed by atoms with van der Waals surface area (Å²) in [5.41, 5.74) is 1.58. The zero-order valence-electron chi connectivity index (χ0n) is 15.3. The van der Waals surface area contributed by atoms with Gasteiger partial charge in [0.05, 0.1) is 7.11 Å². The third kappa shape index (κ3) is 4.02. The lowest BCUT2D eigenvalue weighted by atomic mass is 10.0. The van der Waals surface area contributed by atoms with Gasteiger partial charge in [-0.3, -0.25) is 4.79 Å². The molecule has 1 atom stereocenters. The maximum atomic E-state index is 12.5. The van der Waals surface area contributed by atoms with E-state index in [0.717, 1.165) is 24.0 Å². The Bertz CT molecular complexity index is 849. The summed E-state index contributed by atoms with van der Waals surface area (Å²) < 4.78 is 10.6. The van der Waals surface area contributed by atoms with Crippen molar-refractivity contribution in [1.82, 2.24) is 10.2 Å². The largest absolute Gasteiger partial charge is 0.497 e. The third-order valence-corrected chi connectivity index (χ3v) is 4.91. The highest BCUT2D eigenvalue weighted by Crippen LogP contribution is 2.24. The van der Waals surface area contributed by atoms with E-state index in [-0.39, 0.29) is 30.0 Å². The van der Waals surface area contributed by atoms with Crippen LogP contribution in [0.3, 0.4) is 0 Å². The highest BCUT2D eigenvalue weighted by molar-refractivity contribution is 5.85. The first kappa shape index (κ1) is 20.3. The van der Waals surface area contributed by atoms with Crippen molar-refractivity contribution in [3.8, 4) is 5.75 Å². The second-order valence-electron chi connectivity index (χ2n) is 6.50. The Hall–Kier alpha value is -2.05. The fourth-order valence-corrected chi connectivity index (χ4v) is 3.38. The van der Waals surface area contributed by atoms with Crippen molar-refractivity contribution < 1.29 is 13.9 Å². The average Bonchev–Trinajstić information content (AvgIpc) is 2.61. The van der Waals surface area contributed by atoms with E-state index in [1.807, 2.05) is 30.9 Å². The molecule has 7 heteroatoms. The van der Waals surface area contributed by atoms with Gasteiger partial charge in [-0.2, -0.15) is 0 Å². The summed E-state index contributed by atoms with van der Waals surface area (Å²) in [5, 5.41) is 4.15. The van der Waals surface area contributed by atoms with Gasteiger partial charge in [-0.1, -0.05) is 0 Å². The summed E-state index contributed by atoms with van der Waals surface area (Å²) in [5.74, 6) is 0.730. The zero-order chi connectivity index (χ0) is 18.0. The molecular weight excluding hydrogens is 356 g/mol. The molecule has 0 spiro atoms. The standard InChI is InChI=1S/C19H24N2O4.ClH/c1-12-11-20-8-9-21(12)18(22)7-6-16-13(2)15-5-4-14(24-3)10-17(15)25-19(16)23;/h4-5,10,12,20H,6-9,11H2,1-3H3;1H. The lowest BCUT2D eigenvalue weighted by Crippen LogP contribution is -2.52. The SMILES string of the molecule is COc1ccc2c(C)c(CCC(=O)N3CCNCC3C)c(=O)oc2c1.Cl. The van der Waals surface area contributed by atoms with Gasteiger partial charge in [0.25, 0.3) is 0 Å². The smallest absolute Gasteiger partial charge is 0.339 e. The fourth-order valence-electron chi connectivity index (χ4n) is 3.38. The number of rotatable bonds is 4. The van der Waals surface area contributed by atoms with E-state index >= 15 is 0 Å². The lowest BCUT2D eigenvalue weighted by molar-refractivity contribution is -0.133. The number of methoxy groups -OCH3 is 1. The third-order valence-electron chi connectivity index (χ3n) is 4.91. The minimum absolute atomic E-state index is 0. The quantitative estimate of drug-likeness (QED) is 0.824. The second-order valence-corrected chi connectivity index (χ2v) is 6.50. The number of carbonyl (C=O) groups excluding carboxylic acids is 1. The molecule has 1 aromatic carbocycles. The number of ether oxygens (including phenoxy) is 1. The van der Waals surface area contributed by atoms with E-state index in [0.29, 0.717) is 36.3 Å². The topological polar surface area (TPSA) is 71.8 Å². The summed E-state index contributed by atoms with van der Waals surface area (Å²) in [4.78, 5) is 26.8. The molecule has 1 unspecified atom stereocenters. The number of hydrogen-bond donors (Lipinski definition) is 1. The lowest BCUT2D eigenvalue weighted by Gasteiger charge is -2.34. The van der Waals surface area contributed by atoms with Gasteiger partial charge >= 0.3 is 5.63 Å². The number of carbonyl (C=O) groups is 1. The molecule has 1 aliphatic heterocycles. The second kappa shape index (κ2) is 8.56. The van der Waals surface area contributed by atoms with Crippen LogP contribution in [0.2, 0.25) is 0 Å². The van der Waals surface area contributed by atoms with Crippen LogP contribution in [-0.2, 0) is 11.2 Å². The van der Waals surface area contributed by atoms with Gasteiger partial charge in [0, 0.05) is 49.1 Å². The summed E-state index contributed by atoms with van der Waals surface area (Å²) in [6.07, 6.45) is 0.712. The Labute approximate surface area is 158 Å². The van der Waals surface area contributed by atoms with E-state index in [2.05, 4.69) is 5.32 Å². The maximum absolute atomic E-state index is 12.5. The van der Waals surface area contributed by atoms with Gasteiger partial charge in [0.15, 0.2) is 0 Å². The molecular formula is C19H25ClN2O4. The summed E-state index contributed by atoms with van der Waals surface area (Å²) in [7, 11) is 1.57. The van der Waals surface area contributed by atoms with Crippen LogP contribution in [0.5, 0.6) is 5.75 Å². The molecule has 0 bridgehead atoms. The number of benzene rings is 1. The van der Waals surface area contributed by atoms with Crippen LogP contribution in [-0.4, -0.2) is 43.6 Å². The van der Waals surface area contributed by atoms with Crippen molar-refractivity contribution in [2.75, 3.05) is 26.7 Å². The molecule has 6 nitrogen and oxygen atoms in total. The van der Waals surface area contributed by atoms with Crippen LogP contribution in [0.15, 0.2) is 27.4 Å². The van der Waals surface area contributed by atoms with Crippen LogP contribution in [0.1, 0.15) is 24.5 Å². The van der Waals surface area contributed by atoms with Crippen molar-refractivity contribution in [3.63, 3.8) is 0 Å². The molecule has 1 aromatic heterocycles. The monoisotopic (exact) mass is 380 g/mol. The number of piperazine rings is 1. The molecule has 2 aromatic rings. The first-order chi connectivity index (χ1) is 12.0. The van der Waals surface area contributed by atoms with Crippen molar-refractivity contribution in [3.05, 3.63) is 39.7 Å². The maximum Gasteiger partial charge on any atom is 0.339 e. The van der Waals surface area contributed by atoms with Crippen LogP contribution in [0.25, 0.3) is 11.0 Å². The van der Waals surface area contributed by atoms with Crippen molar-refractivity contribution in [2.45, 2.75) is 32.7 Å². The van der Waals surface area contributed by atoms with E-state index in [1.165, 1.54) is 0 Å².